The van der Waals surface area contributed by atoms with Crippen LogP contribution in [0.2, 0.25) is 0 Å². The summed E-state index contributed by atoms with van der Waals surface area (Å²) in [5, 5.41) is 5.31. The number of carbonyl (C=O) groups is 3. The van der Waals surface area contributed by atoms with Crippen LogP contribution in [0.3, 0.4) is 0 Å². The molecule has 0 bridgehead atoms. The summed E-state index contributed by atoms with van der Waals surface area (Å²) < 4.78 is 1.04. The van der Waals surface area contributed by atoms with Gasteiger partial charge in [-0.25, -0.2) is 4.79 Å². The fraction of sp³-hybridized carbons (Fsp3) is 0.118. The van der Waals surface area contributed by atoms with Crippen LogP contribution >= 0.6 is 22.6 Å². The molecule has 0 aromatic heterocycles. The van der Waals surface area contributed by atoms with E-state index >= 15 is 0 Å². The Bertz CT molecular complexity index is 789. The van der Waals surface area contributed by atoms with E-state index in [0.29, 0.717) is 5.56 Å². The van der Waals surface area contributed by atoms with E-state index in [1.807, 2.05) is 24.3 Å². The van der Waals surface area contributed by atoms with Crippen LogP contribution in [0, 0.1) is 3.57 Å². The van der Waals surface area contributed by atoms with Gasteiger partial charge in [0.05, 0.1) is 13.1 Å². The largest absolute Gasteiger partial charge is 0.329 e. The Kier molecular flexibility index (Phi) is 4.79. The smallest absolute Gasteiger partial charge is 0.324 e. The van der Waals surface area contributed by atoms with Crippen molar-refractivity contribution in [2.75, 3.05) is 11.9 Å². The van der Waals surface area contributed by atoms with Gasteiger partial charge in [0.15, 0.2) is 0 Å². The molecule has 24 heavy (non-hydrogen) atoms. The predicted molar refractivity (Wildman–Crippen MR) is 97.5 cm³/mol. The van der Waals surface area contributed by atoms with Gasteiger partial charge in [0.2, 0.25) is 5.91 Å². The van der Waals surface area contributed by atoms with Crippen LogP contribution in [0.1, 0.15) is 15.9 Å². The summed E-state index contributed by atoms with van der Waals surface area (Å²) >= 11 is 2.18. The highest BCUT2D eigenvalue weighted by Crippen LogP contribution is 2.15. The molecule has 7 heteroatoms. The maximum atomic E-state index is 12.2. The third-order valence-corrected chi connectivity index (χ3v) is 4.25. The van der Waals surface area contributed by atoms with E-state index in [2.05, 4.69) is 33.2 Å². The van der Waals surface area contributed by atoms with E-state index in [1.165, 1.54) is 0 Å². The number of carbonyl (C=O) groups excluding carboxylic acids is 3. The molecule has 1 saturated heterocycles. The molecule has 0 saturated carbocycles. The molecule has 0 aliphatic carbocycles. The molecular weight excluding hydrogens is 421 g/mol. The van der Waals surface area contributed by atoms with Crippen molar-refractivity contribution in [1.29, 1.82) is 0 Å². The minimum atomic E-state index is -0.388. The maximum absolute atomic E-state index is 12.2. The summed E-state index contributed by atoms with van der Waals surface area (Å²) in [5.41, 5.74) is 2.02. The Labute approximate surface area is 152 Å². The fourth-order valence-electron chi connectivity index (χ4n) is 2.33. The molecular formula is C17H14IN3O3. The van der Waals surface area contributed by atoms with Gasteiger partial charge in [-0.3, -0.25) is 14.5 Å². The van der Waals surface area contributed by atoms with Crippen LogP contribution < -0.4 is 10.6 Å². The average molecular weight is 435 g/mol. The Morgan fingerprint density at radius 1 is 1.17 bits per heavy atom. The summed E-state index contributed by atoms with van der Waals surface area (Å²) in [6.45, 7) is 0.235. The van der Waals surface area contributed by atoms with Crippen molar-refractivity contribution in [3.63, 3.8) is 0 Å². The lowest BCUT2D eigenvalue weighted by atomic mass is 10.1. The minimum absolute atomic E-state index is 0.0369. The van der Waals surface area contributed by atoms with Crippen LogP contribution in [-0.4, -0.2) is 29.3 Å². The highest BCUT2D eigenvalue weighted by atomic mass is 127. The highest BCUT2D eigenvalue weighted by Gasteiger charge is 2.28. The summed E-state index contributed by atoms with van der Waals surface area (Å²) in [6.07, 6.45) is 0. The predicted octanol–water partition coefficient (Wildman–Crippen LogP) is 2.60. The van der Waals surface area contributed by atoms with E-state index in [-0.39, 0.29) is 30.9 Å². The molecule has 2 aromatic carbocycles. The first kappa shape index (κ1) is 16.4. The molecule has 0 radical (unpaired) electrons. The van der Waals surface area contributed by atoms with E-state index < -0.39 is 0 Å². The lowest BCUT2D eigenvalue weighted by molar-refractivity contribution is -0.125. The van der Waals surface area contributed by atoms with Crippen molar-refractivity contribution in [1.82, 2.24) is 10.2 Å². The van der Waals surface area contributed by atoms with Crippen molar-refractivity contribution < 1.29 is 14.4 Å². The first-order chi connectivity index (χ1) is 11.5. The summed E-state index contributed by atoms with van der Waals surface area (Å²) in [6, 6.07) is 14.0. The number of nitrogens with one attached hydrogen (secondary N) is 2. The van der Waals surface area contributed by atoms with Gasteiger partial charge in [-0.1, -0.05) is 18.2 Å². The van der Waals surface area contributed by atoms with Gasteiger partial charge in [0.1, 0.15) is 0 Å². The van der Waals surface area contributed by atoms with E-state index in [4.69, 9.17) is 0 Å². The molecule has 1 heterocycles. The molecule has 3 rings (SSSR count). The molecule has 122 valence electrons. The Hall–Kier alpha value is -2.42. The van der Waals surface area contributed by atoms with Gasteiger partial charge in [0, 0.05) is 14.8 Å². The number of rotatable bonds is 4. The third kappa shape index (κ3) is 3.73. The van der Waals surface area contributed by atoms with Crippen LogP contribution in [0.15, 0.2) is 48.5 Å². The van der Waals surface area contributed by atoms with Gasteiger partial charge >= 0.3 is 6.03 Å². The van der Waals surface area contributed by atoms with E-state index in [9.17, 15) is 14.4 Å². The van der Waals surface area contributed by atoms with Crippen molar-refractivity contribution in [2.45, 2.75) is 6.54 Å². The summed E-state index contributed by atoms with van der Waals surface area (Å²) in [7, 11) is 0. The van der Waals surface area contributed by atoms with Crippen LogP contribution in [-0.2, 0) is 11.3 Å². The Morgan fingerprint density at radius 2 is 1.92 bits per heavy atom. The van der Waals surface area contributed by atoms with Gasteiger partial charge in [0.25, 0.3) is 5.91 Å². The summed E-state index contributed by atoms with van der Waals surface area (Å²) in [4.78, 5) is 36.5. The molecule has 6 nitrogen and oxygen atoms in total. The number of halogens is 1. The van der Waals surface area contributed by atoms with E-state index in [1.54, 1.807) is 24.3 Å². The zero-order valence-corrected chi connectivity index (χ0v) is 14.7. The first-order valence-electron chi connectivity index (χ1n) is 7.27. The topological polar surface area (TPSA) is 78.5 Å². The molecule has 1 fully saturated rings. The van der Waals surface area contributed by atoms with Crippen LogP contribution in [0.5, 0.6) is 0 Å². The zero-order valence-electron chi connectivity index (χ0n) is 12.6. The molecule has 2 aromatic rings. The fourth-order valence-corrected chi connectivity index (χ4v) is 2.87. The molecule has 0 spiro atoms. The quantitative estimate of drug-likeness (QED) is 0.573. The standard InChI is InChI=1S/C17H14IN3O3/c18-13-2-1-3-14(8-13)20-16(23)12-6-4-11(5-7-12)10-21-15(22)9-19-17(21)24/h1-8H,9-10H2,(H,19,24)(H,20,23). The zero-order chi connectivity index (χ0) is 17.1. The van der Waals surface area contributed by atoms with Crippen molar-refractivity contribution in [3.8, 4) is 0 Å². The number of urea groups is 1. The lowest BCUT2D eigenvalue weighted by Crippen LogP contribution is -2.30. The number of amides is 4. The normalized spacial score (nSPS) is 13.8. The average Bonchev–Trinajstić information content (AvgIpc) is 2.87. The van der Waals surface area contributed by atoms with Gasteiger partial charge in [-0.2, -0.15) is 0 Å². The second kappa shape index (κ2) is 7.00. The number of nitrogens with zero attached hydrogens (tertiary/aromatic N) is 1. The van der Waals surface area contributed by atoms with Gasteiger partial charge < -0.3 is 10.6 Å². The number of hydrogen-bond donors (Lipinski definition) is 2. The van der Waals surface area contributed by atoms with Gasteiger partial charge in [-0.15, -0.1) is 0 Å². The number of anilines is 1. The number of hydrogen-bond acceptors (Lipinski definition) is 3. The lowest BCUT2D eigenvalue weighted by Gasteiger charge is -2.12. The van der Waals surface area contributed by atoms with Crippen molar-refractivity contribution in [2.24, 2.45) is 0 Å². The minimum Gasteiger partial charge on any atom is -0.329 e. The molecule has 0 atom stereocenters. The third-order valence-electron chi connectivity index (χ3n) is 3.58. The molecule has 0 unspecified atom stereocenters. The highest BCUT2D eigenvalue weighted by molar-refractivity contribution is 14.1. The van der Waals surface area contributed by atoms with Gasteiger partial charge in [-0.05, 0) is 58.5 Å². The monoisotopic (exact) mass is 435 g/mol. The SMILES string of the molecule is O=C(Nc1cccc(I)c1)c1ccc(CN2C(=O)CNC2=O)cc1. The molecule has 1 aliphatic rings. The summed E-state index contributed by atoms with van der Waals surface area (Å²) in [5.74, 6) is -0.459. The van der Waals surface area contributed by atoms with Crippen LogP contribution in [0.25, 0.3) is 0 Å². The maximum Gasteiger partial charge on any atom is 0.324 e. The number of benzene rings is 2. The van der Waals surface area contributed by atoms with Crippen molar-refractivity contribution >= 4 is 46.1 Å². The molecule has 4 amide bonds. The second-order valence-corrected chi connectivity index (χ2v) is 6.55. The Morgan fingerprint density at radius 3 is 2.54 bits per heavy atom. The second-order valence-electron chi connectivity index (χ2n) is 5.30. The van der Waals surface area contributed by atoms with Crippen molar-refractivity contribution in [3.05, 3.63) is 63.2 Å². The molecule has 2 N–H and O–H groups in total. The van der Waals surface area contributed by atoms with Crippen LogP contribution in [0.4, 0.5) is 10.5 Å². The number of imide groups is 1. The first-order valence-corrected chi connectivity index (χ1v) is 8.35. The van der Waals surface area contributed by atoms with E-state index in [0.717, 1.165) is 19.7 Å². The Balaban J connectivity index is 1.66. The molecule has 1 aliphatic heterocycles.